The Labute approximate surface area is 230 Å². The van der Waals surface area contributed by atoms with Gasteiger partial charge in [0, 0.05) is 67.8 Å². The summed E-state index contributed by atoms with van der Waals surface area (Å²) in [7, 11) is 3.28. The van der Waals surface area contributed by atoms with Crippen LogP contribution in [0.2, 0.25) is 0 Å². The Morgan fingerprint density at radius 3 is 2.44 bits per heavy atom. The summed E-state index contributed by atoms with van der Waals surface area (Å²) >= 11 is 0. The molecule has 0 radical (unpaired) electrons. The molecule has 0 amide bonds. The van der Waals surface area contributed by atoms with E-state index in [0.29, 0.717) is 24.0 Å². The number of nitrogens with zero attached hydrogens (tertiary/aromatic N) is 5. The standard InChI is InChI=1S/C30H38N6O3/c1-4-34-16-18-35(19-17-34)26-9-5-8-23-24(26)21-36(29(23)37)25(10-6-13-31-30-32-14-7-15-33-30)22-11-12-27(38-2)28(20-22)39-3/h5,7-9,11-12,14-15,20-21,25,37H,4,6,10,13,16-19H2,1-3H3,(H,31,32,33)/t25-/m1/s1. The molecule has 39 heavy (non-hydrogen) atoms. The van der Waals surface area contributed by atoms with Crippen LogP contribution >= 0.6 is 0 Å². The minimum atomic E-state index is -0.111. The molecule has 4 aromatic rings. The van der Waals surface area contributed by atoms with Crippen LogP contribution in [0.1, 0.15) is 31.4 Å². The van der Waals surface area contributed by atoms with Gasteiger partial charge in [-0.15, -0.1) is 0 Å². The summed E-state index contributed by atoms with van der Waals surface area (Å²) in [5.74, 6) is 2.24. The van der Waals surface area contributed by atoms with Crippen LogP contribution in [0.5, 0.6) is 17.4 Å². The minimum Gasteiger partial charge on any atom is -0.494 e. The lowest BCUT2D eigenvalue weighted by atomic mass is 10.0. The average molecular weight is 531 g/mol. The van der Waals surface area contributed by atoms with Gasteiger partial charge in [0.1, 0.15) is 0 Å². The van der Waals surface area contributed by atoms with E-state index in [2.05, 4.69) is 50.3 Å². The summed E-state index contributed by atoms with van der Waals surface area (Å²) in [6.07, 6.45) is 7.20. The number of rotatable bonds is 11. The Balaban J connectivity index is 1.47. The van der Waals surface area contributed by atoms with E-state index in [1.807, 2.05) is 28.8 Å². The number of methoxy groups -OCH3 is 2. The van der Waals surface area contributed by atoms with Gasteiger partial charge in [-0.05, 0) is 55.3 Å². The molecule has 0 saturated carbocycles. The van der Waals surface area contributed by atoms with Crippen LogP contribution < -0.4 is 19.7 Å². The predicted octanol–water partition coefficient (Wildman–Crippen LogP) is 4.78. The van der Waals surface area contributed by atoms with Crippen LogP contribution in [0.15, 0.2) is 61.1 Å². The maximum Gasteiger partial charge on any atom is 0.222 e. The fourth-order valence-corrected chi connectivity index (χ4v) is 5.45. The number of hydrogen-bond acceptors (Lipinski definition) is 8. The molecular weight excluding hydrogens is 492 g/mol. The Morgan fingerprint density at radius 2 is 1.72 bits per heavy atom. The second kappa shape index (κ2) is 12.3. The maximum absolute atomic E-state index is 11.5. The molecule has 1 saturated heterocycles. The highest BCUT2D eigenvalue weighted by Crippen LogP contribution is 2.40. The smallest absolute Gasteiger partial charge is 0.222 e. The van der Waals surface area contributed by atoms with Crippen molar-refractivity contribution in [1.29, 1.82) is 0 Å². The van der Waals surface area contributed by atoms with Crippen molar-refractivity contribution in [3.8, 4) is 17.4 Å². The molecule has 1 aliphatic rings. The lowest BCUT2D eigenvalue weighted by Crippen LogP contribution is -2.46. The van der Waals surface area contributed by atoms with Crippen LogP contribution in [0.25, 0.3) is 10.8 Å². The van der Waals surface area contributed by atoms with Crippen LogP contribution in [0.3, 0.4) is 0 Å². The number of aromatic nitrogens is 3. The summed E-state index contributed by atoms with van der Waals surface area (Å²) in [5, 5.41) is 16.8. The maximum atomic E-state index is 11.5. The topological polar surface area (TPSA) is 87.9 Å². The zero-order valence-corrected chi connectivity index (χ0v) is 23.0. The molecule has 2 aromatic heterocycles. The van der Waals surface area contributed by atoms with E-state index in [1.165, 1.54) is 5.69 Å². The second-order valence-corrected chi connectivity index (χ2v) is 9.79. The summed E-state index contributed by atoms with van der Waals surface area (Å²) in [6.45, 7) is 8.05. The fourth-order valence-electron chi connectivity index (χ4n) is 5.45. The number of nitrogens with one attached hydrogen (secondary N) is 1. The van der Waals surface area contributed by atoms with Gasteiger partial charge in [0.15, 0.2) is 17.4 Å². The highest BCUT2D eigenvalue weighted by molar-refractivity contribution is 5.98. The number of ether oxygens (including phenoxy) is 2. The molecule has 2 N–H and O–H groups in total. The van der Waals surface area contributed by atoms with Crippen molar-refractivity contribution in [3.63, 3.8) is 0 Å². The lowest BCUT2D eigenvalue weighted by molar-refractivity contribution is 0.271. The van der Waals surface area contributed by atoms with Gasteiger partial charge in [0.05, 0.1) is 20.3 Å². The third-order valence-corrected chi connectivity index (χ3v) is 7.63. The SMILES string of the molecule is CCN1CCN(c2cccc3c(O)n([C@H](CCCNc4ncccn4)c4ccc(OC)c(OC)c4)cc23)CC1. The van der Waals surface area contributed by atoms with E-state index < -0.39 is 0 Å². The molecule has 3 heterocycles. The quantitative estimate of drug-likeness (QED) is 0.268. The predicted molar refractivity (Wildman–Crippen MR) is 155 cm³/mol. The highest BCUT2D eigenvalue weighted by atomic mass is 16.5. The monoisotopic (exact) mass is 530 g/mol. The Bertz CT molecular complexity index is 1370. The number of anilines is 2. The zero-order chi connectivity index (χ0) is 27.2. The zero-order valence-electron chi connectivity index (χ0n) is 23.0. The van der Waals surface area contributed by atoms with Gasteiger partial charge < -0.3 is 34.3 Å². The highest BCUT2D eigenvalue weighted by Gasteiger charge is 2.24. The van der Waals surface area contributed by atoms with E-state index in [0.717, 1.165) is 61.9 Å². The second-order valence-electron chi connectivity index (χ2n) is 9.79. The normalized spacial score (nSPS) is 14.9. The van der Waals surface area contributed by atoms with Gasteiger partial charge in [-0.25, -0.2) is 9.97 Å². The van der Waals surface area contributed by atoms with Crippen LogP contribution in [-0.4, -0.2) is 78.0 Å². The van der Waals surface area contributed by atoms with Crippen molar-refractivity contribution in [1.82, 2.24) is 19.4 Å². The van der Waals surface area contributed by atoms with Gasteiger partial charge >= 0.3 is 0 Å². The summed E-state index contributed by atoms with van der Waals surface area (Å²) in [4.78, 5) is 13.4. The first-order valence-corrected chi connectivity index (χ1v) is 13.7. The van der Waals surface area contributed by atoms with E-state index in [4.69, 9.17) is 9.47 Å². The first kappa shape index (κ1) is 26.6. The van der Waals surface area contributed by atoms with Crippen molar-refractivity contribution in [2.24, 2.45) is 0 Å². The Hall–Kier alpha value is -3.98. The molecule has 9 heteroatoms. The van der Waals surface area contributed by atoms with Gasteiger partial charge in [0.2, 0.25) is 5.95 Å². The Morgan fingerprint density at radius 1 is 0.949 bits per heavy atom. The van der Waals surface area contributed by atoms with E-state index >= 15 is 0 Å². The number of piperazine rings is 1. The number of fused-ring (bicyclic) bond motifs is 1. The van der Waals surface area contributed by atoms with Crippen molar-refractivity contribution in [2.45, 2.75) is 25.8 Å². The molecule has 1 aliphatic heterocycles. The molecule has 9 nitrogen and oxygen atoms in total. The molecule has 5 rings (SSSR count). The summed E-state index contributed by atoms with van der Waals surface area (Å²) in [6, 6.07) is 13.9. The van der Waals surface area contributed by atoms with Crippen molar-refractivity contribution in [3.05, 3.63) is 66.6 Å². The molecule has 1 fully saturated rings. The van der Waals surface area contributed by atoms with Crippen LogP contribution in [0, 0.1) is 0 Å². The van der Waals surface area contributed by atoms with Crippen LogP contribution in [-0.2, 0) is 0 Å². The minimum absolute atomic E-state index is 0.111. The Kier molecular flexibility index (Phi) is 8.36. The van der Waals surface area contributed by atoms with Gasteiger partial charge in [0.25, 0.3) is 0 Å². The van der Waals surface area contributed by atoms with Gasteiger partial charge in [-0.2, -0.15) is 0 Å². The molecule has 206 valence electrons. The number of aromatic hydroxyl groups is 1. The third-order valence-electron chi connectivity index (χ3n) is 7.63. The molecule has 0 spiro atoms. The van der Waals surface area contributed by atoms with E-state index in [1.54, 1.807) is 32.7 Å². The van der Waals surface area contributed by atoms with E-state index in [9.17, 15) is 5.11 Å². The first-order chi connectivity index (χ1) is 19.1. The third kappa shape index (κ3) is 5.73. The average Bonchev–Trinajstić information content (AvgIpc) is 3.33. The van der Waals surface area contributed by atoms with Crippen molar-refractivity contribution < 1.29 is 14.6 Å². The number of hydrogen-bond donors (Lipinski definition) is 2. The molecule has 0 aliphatic carbocycles. The number of benzene rings is 2. The van der Waals surface area contributed by atoms with Crippen LogP contribution in [0.4, 0.5) is 11.6 Å². The van der Waals surface area contributed by atoms with Gasteiger partial charge in [-0.3, -0.25) is 0 Å². The van der Waals surface area contributed by atoms with E-state index in [-0.39, 0.29) is 11.9 Å². The first-order valence-electron chi connectivity index (χ1n) is 13.7. The molecular formula is C30H38N6O3. The lowest BCUT2D eigenvalue weighted by Gasteiger charge is -2.35. The molecule has 0 bridgehead atoms. The molecule has 1 atom stereocenters. The largest absolute Gasteiger partial charge is 0.494 e. The van der Waals surface area contributed by atoms with Crippen molar-refractivity contribution >= 4 is 22.4 Å². The molecule has 0 unspecified atom stereocenters. The van der Waals surface area contributed by atoms with Gasteiger partial charge in [-0.1, -0.05) is 19.1 Å². The fraction of sp³-hybridized carbons (Fsp3) is 0.400. The van der Waals surface area contributed by atoms with Crippen molar-refractivity contribution in [2.75, 3.05) is 63.7 Å². The number of likely N-dealkylation sites (N-methyl/N-ethyl adjacent to an activating group) is 1. The molecule has 2 aromatic carbocycles. The summed E-state index contributed by atoms with van der Waals surface area (Å²) < 4.78 is 13.1. The summed E-state index contributed by atoms with van der Waals surface area (Å²) in [5.41, 5.74) is 2.21.